The molecule has 0 amide bonds. The van der Waals surface area contributed by atoms with Gasteiger partial charge in [0.1, 0.15) is 18.7 Å². The summed E-state index contributed by atoms with van der Waals surface area (Å²) < 4.78 is 19.3. The summed E-state index contributed by atoms with van der Waals surface area (Å²) in [5.74, 6) is 0. The molecule has 0 N–H and O–H groups in total. The molecule has 3 heterocycles. The molecule has 3 aromatic rings. The highest BCUT2D eigenvalue weighted by Gasteiger charge is 2.16. The highest BCUT2D eigenvalue weighted by Crippen LogP contribution is 2.27. The number of rotatable bonds is 11. The van der Waals surface area contributed by atoms with Crippen LogP contribution in [0.25, 0.3) is 22.3 Å². The van der Waals surface area contributed by atoms with Gasteiger partial charge in [0.25, 0.3) is 0 Å². The van der Waals surface area contributed by atoms with Crippen molar-refractivity contribution in [2.24, 2.45) is 0 Å². The lowest BCUT2D eigenvalue weighted by atomic mass is 10.1. The van der Waals surface area contributed by atoms with E-state index in [1.807, 2.05) is 33.9 Å². The van der Waals surface area contributed by atoms with E-state index >= 15 is 0 Å². The first-order valence-corrected chi connectivity index (χ1v) is 14.7. The van der Waals surface area contributed by atoms with E-state index in [1.54, 1.807) is 6.33 Å². The van der Waals surface area contributed by atoms with E-state index < -0.39 is 14.2 Å². The number of methoxy groups -OCH3 is 1. The first-order chi connectivity index (χ1) is 15.3. The number of ether oxygens (including phenoxy) is 3. The molecule has 3 aromatic heterocycles. The second kappa shape index (κ2) is 10.7. The summed E-state index contributed by atoms with van der Waals surface area (Å²) in [5.41, 5.74) is 2.60. The van der Waals surface area contributed by atoms with Crippen molar-refractivity contribution in [2.45, 2.75) is 58.2 Å². The van der Waals surface area contributed by atoms with Crippen LogP contribution in [0, 0.1) is 0 Å². The number of aromatic nitrogens is 5. The van der Waals surface area contributed by atoms with E-state index in [9.17, 15) is 4.79 Å². The molecule has 1 unspecified atom stereocenters. The van der Waals surface area contributed by atoms with Gasteiger partial charge < -0.3 is 18.8 Å². The Kier molecular flexibility index (Phi) is 8.03. The molecule has 3 rings (SSSR count). The van der Waals surface area contributed by atoms with Crippen LogP contribution in [0.3, 0.4) is 0 Å². The maximum Gasteiger partial charge on any atom is 0.507 e. The van der Waals surface area contributed by atoms with Crippen LogP contribution in [-0.4, -0.2) is 58.9 Å². The van der Waals surface area contributed by atoms with Crippen LogP contribution in [0.2, 0.25) is 25.7 Å². The molecule has 174 valence electrons. The van der Waals surface area contributed by atoms with Gasteiger partial charge in [-0.05, 0) is 18.5 Å². The molecule has 0 fully saturated rings. The largest absolute Gasteiger partial charge is 0.507 e. The van der Waals surface area contributed by atoms with Gasteiger partial charge in [-0.25, -0.2) is 14.8 Å². The Hall–Kier alpha value is -2.72. The zero-order chi connectivity index (χ0) is 23.1. The fourth-order valence-corrected chi connectivity index (χ4v) is 4.16. The van der Waals surface area contributed by atoms with Gasteiger partial charge in [0.05, 0.1) is 31.6 Å². The Bertz CT molecular complexity index is 1030. The molecule has 32 heavy (non-hydrogen) atoms. The smallest absolute Gasteiger partial charge is 0.438 e. The van der Waals surface area contributed by atoms with Crippen molar-refractivity contribution in [3.63, 3.8) is 0 Å². The van der Waals surface area contributed by atoms with E-state index in [2.05, 4.69) is 46.4 Å². The molecule has 0 aliphatic heterocycles. The van der Waals surface area contributed by atoms with Crippen LogP contribution in [0.15, 0.2) is 31.0 Å². The number of nitrogens with zero attached hydrogens (tertiary/aromatic N) is 5. The maximum absolute atomic E-state index is 11.2. The summed E-state index contributed by atoms with van der Waals surface area (Å²) in [4.78, 5) is 20.2. The monoisotopic (exact) mass is 459 g/mol. The fraction of sp³-hybridized carbons (Fsp3) is 0.545. The van der Waals surface area contributed by atoms with E-state index in [4.69, 9.17) is 9.47 Å². The maximum atomic E-state index is 11.2. The Balaban J connectivity index is 1.71. The van der Waals surface area contributed by atoms with E-state index in [-0.39, 0.29) is 12.6 Å². The van der Waals surface area contributed by atoms with Crippen LogP contribution in [0.5, 0.6) is 0 Å². The summed E-state index contributed by atoms with van der Waals surface area (Å²) in [6.07, 6.45) is 8.20. The SMILES string of the molecule is CCC(CCOC(=O)OC)n1cc(-c2ncnc3c2ccn3COCC[Si](C)(C)C)cn1. The normalized spacial score (nSPS) is 12.8. The summed E-state index contributed by atoms with van der Waals surface area (Å²) in [6.45, 7) is 10.6. The average Bonchev–Trinajstić information content (AvgIpc) is 3.41. The van der Waals surface area contributed by atoms with Crippen LogP contribution in [0.4, 0.5) is 4.79 Å². The number of hydrogen-bond acceptors (Lipinski definition) is 7. The first-order valence-electron chi connectivity index (χ1n) is 10.9. The van der Waals surface area contributed by atoms with Gasteiger partial charge in [-0.15, -0.1) is 0 Å². The minimum absolute atomic E-state index is 0.107. The molecule has 0 aliphatic rings. The second-order valence-electron chi connectivity index (χ2n) is 8.96. The number of fused-ring (bicyclic) bond motifs is 1. The predicted molar refractivity (Wildman–Crippen MR) is 125 cm³/mol. The Morgan fingerprint density at radius 2 is 2.03 bits per heavy atom. The molecular formula is C22H33N5O4Si. The second-order valence-corrected chi connectivity index (χ2v) is 14.6. The lowest BCUT2D eigenvalue weighted by molar-refractivity contribution is 0.0679. The average molecular weight is 460 g/mol. The third kappa shape index (κ3) is 6.16. The summed E-state index contributed by atoms with van der Waals surface area (Å²) in [7, 11) is 0.188. The minimum Gasteiger partial charge on any atom is -0.438 e. The Morgan fingerprint density at radius 1 is 1.22 bits per heavy atom. The molecule has 0 bridgehead atoms. The van der Waals surface area contributed by atoms with Gasteiger partial charge >= 0.3 is 6.16 Å². The zero-order valence-electron chi connectivity index (χ0n) is 19.6. The van der Waals surface area contributed by atoms with Crippen molar-refractivity contribution in [3.8, 4) is 11.3 Å². The van der Waals surface area contributed by atoms with Gasteiger partial charge in [0.2, 0.25) is 0 Å². The van der Waals surface area contributed by atoms with Crippen molar-refractivity contribution in [2.75, 3.05) is 20.3 Å². The highest BCUT2D eigenvalue weighted by molar-refractivity contribution is 6.76. The molecular weight excluding hydrogens is 426 g/mol. The van der Waals surface area contributed by atoms with Crippen molar-refractivity contribution < 1.29 is 19.0 Å². The summed E-state index contributed by atoms with van der Waals surface area (Å²) in [6, 6.07) is 3.26. The third-order valence-electron chi connectivity index (χ3n) is 5.34. The van der Waals surface area contributed by atoms with Gasteiger partial charge in [0.15, 0.2) is 0 Å². The van der Waals surface area contributed by atoms with E-state index in [0.717, 1.165) is 41.4 Å². The number of hydrogen-bond donors (Lipinski definition) is 0. The van der Waals surface area contributed by atoms with Crippen LogP contribution in [0.1, 0.15) is 25.8 Å². The van der Waals surface area contributed by atoms with Crippen molar-refractivity contribution in [3.05, 3.63) is 31.0 Å². The quantitative estimate of drug-likeness (QED) is 0.232. The Morgan fingerprint density at radius 3 is 2.75 bits per heavy atom. The predicted octanol–water partition coefficient (Wildman–Crippen LogP) is 4.73. The minimum atomic E-state index is -1.11. The van der Waals surface area contributed by atoms with Gasteiger partial charge in [-0.1, -0.05) is 26.6 Å². The Labute approximate surface area is 189 Å². The van der Waals surface area contributed by atoms with Crippen LogP contribution < -0.4 is 0 Å². The van der Waals surface area contributed by atoms with E-state index in [1.165, 1.54) is 7.11 Å². The summed E-state index contributed by atoms with van der Waals surface area (Å²) in [5, 5.41) is 5.50. The number of carbonyl (C=O) groups excluding carboxylic acids is 1. The van der Waals surface area contributed by atoms with Gasteiger partial charge in [0, 0.05) is 44.4 Å². The zero-order valence-corrected chi connectivity index (χ0v) is 20.6. The molecule has 0 spiro atoms. The van der Waals surface area contributed by atoms with Crippen molar-refractivity contribution >= 4 is 25.3 Å². The molecule has 0 saturated carbocycles. The summed E-state index contributed by atoms with van der Waals surface area (Å²) >= 11 is 0. The van der Waals surface area contributed by atoms with Crippen LogP contribution >= 0.6 is 0 Å². The standard InChI is InChI=1S/C22H33N5O4Si/c1-6-18(8-10-31-22(28)29-2)27-14-17(13-25-27)20-19-7-9-26(21(19)24-15-23-20)16-30-11-12-32(3,4)5/h7,9,13-15,18H,6,8,10-12,16H2,1-5H3. The highest BCUT2D eigenvalue weighted by atomic mass is 28.3. The molecule has 0 saturated heterocycles. The molecule has 0 radical (unpaired) electrons. The van der Waals surface area contributed by atoms with E-state index in [0.29, 0.717) is 13.2 Å². The third-order valence-corrected chi connectivity index (χ3v) is 7.04. The number of carbonyl (C=O) groups is 1. The topological polar surface area (TPSA) is 93.3 Å². The fourth-order valence-electron chi connectivity index (χ4n) is 3.40. The molecule has 10 heteroatoms. The van der Waals surface area contributed by atoms with Crippen molar-refractivity contribution in [1.82, 2.24) is 24.3 Å². The molecule has 1 atom stereocenters. The lowest BCUT2D eigenvalue weighted by Gasteiger charge is -2.15. The molecule has 0 aromatic carbocycles. The van der Waals surface area contributed by atoms with Crippen molar-refractivity contribution in [1.29, 1.82) is 0 Å². The van der Waals surface area contributed by atoms with Gasteiger partial charge in [-0.2, -0.15) is 5.10 Å². The van der Waals surface area contributed by atoms with Crippen LogP contribution in [-0.2, 0) is 20.9 Å². The lowest BCUT2D eigenvalue weighted by Crippen LogP contribution is -2.22. The first kappa shape index (κ1) is 23.9. The molecule has 0 aliphatic carbocycles. The van der Waals surface area contributed by atoms with Gasteiger partial charge in [-0.3, -0.25) is 4.68 Å². The molecule has 9 nitrogen and oxygen atoms in total.